The van der Waals surface area contributed by atoms with E-state index in [2.05, 4.69) is 39.6 Å². The monoisotopic (exact) mass is 267 g/mol. The minimum atomic E-state index is -0.00178. The van der Waals surface area contributed by atoms with Crippen molar-refractivity contribution >= 4 is 23.1 Å². The number of benzene rings is 1. The number of anilines is 1. The maximum Gasteiger partial charge on any atom is 0.124 e. The van der Waals surface area contributed by atoms with Crippen LogP contribution >= 0.6 is 11.6 Å². The third-order valence-electron chi connectivity index (χ3n) is 3.48. The predicted molar refractivity (Wildman–Crippen MR) is 79.8 cm³/mol. The molecule has 0 bridgehead atoms. The SMILES string of the molecule is CC(N(C)c1ccc(C(=N)N)c(Cl)c1)C(C)(C)C. The summed E-state index contributed by atoms with van der Waals surface area (Å²) in [6, 6.07) is 5.98. The molecule has 0 aliphatic carbocycles. The zero-order valence-corrected chi connectivity index (χ0v) is 12.5. The summed E-state index contributed by atoms with van der Waals surface area (Å²) in [5, 5.41) is 7.94. The first-order chi connectivity index (χ1) is 8.14. The quantitative estimate of drug-likeness (QED) is 0.651. The highest BCUT2D eigenvalue weighted by Gasteiger charge is 2.24. The van der Waals surface area contributed by atoms with E-state index in [1.165, 1.54) is 0 Å². The molecule has 1 aromatic rings. The van der Waals surface area contributed by atoms with Gasteiger partial charge in [0.25, 0.3) is 0 Å². The summed E-state index contributed by atoms with van der Waals surface area (Å²) < 4.78 is 0. The van der Waals surface area contributed by atoms with E-state index in [1.54, 1.807) is 6.07 Å². The number of halogens is 1. The molecule has 1 unspecified atom stereocenters. The zero-order valence-electron chi connectivity index (χ0n) is 11.7. The van der Waals surface area contributed by atoms with Gasteiger partial charge < -0.3 is 10.6 Å². The number of rotatable bonds is 3. The maximum absolute atomic E-state index is 7.42. The van der Waals surface area contributed by atoms with E-state index >= 15 is 0 Å². The van der Waals surface area contributed by atoms with Crippen LogP contribution in [0.15, 0.2) is 18.2 Å². The Morgan fingerprint density at radius 2 is 1.94 bits per heavy atom. The zero-order chi connectivity index (χ0) is 14.1. The van der Waals surface area contributed by atoms with Crippen molar-refractivity contribution in [3.8, 4) is 0 Å². The summed E-state index contributed by atoms with van der Waals surface area (Å²) in [6.07, 6.45) is 0. The second-order valence-corrected chi connectivity index (χ2v) is 6.14. The molecule has 100 valence electrons. The van der Waals surface area contributed by atoms with E-state index in [0.717, 1.165) is 5.69 Å². The highest BCUT2D eigenvalue weighted by molar-refractivity contribution is 6.34. The molecule has 0 amide bonds. The fraction of sp³-hybridized carbons (Fsp3) is 0.500. The summed E-state index contributed by atoms with van der Waals surface area (Å²) in [7, 11) is 2.05. The number of amidine groups is 1. The van der Waals surface area contributed by atoms with E-state index in [0.29, 0.717) is 16.6 Å². The van der Waals surface area contributed by atoms with Crippen LogP contribution in [0.1, 0.15) is 33.3 Å². The molecule has 3 N–H and O–H groups in total. The van der Waals surface area contributed by atoms with Crippen LogP contribution in [0.2, 0.25) is 5.02 Å². The van der Waals surface area contributed by atoms with Crippen molar-refractivity contribution in [2.45, 2.75) is 33.7 Å². The molecule has 0 heterocycles. The number of hydrogen-bond donors (Lipinski definition) is 2. The van der Waals surface area contributed by atoms with Gasteiger partial charge in [0.2, 0.25) is 0 Å². The van der Waals surface area contributed by atoms with Crippen molar-refractivity contribution in [1.29, 1.82) is 5.41 Å². The van der Waals surface area contributed by atoms with Crippen LogP contribution in [-0.2, 0) is 0 Å². The Labute approximate surface area is 114 Å². The van der Waals surface area contributed by atoms with Gasteiger partial charge in [-0.3, -0.25) is 5.41 Å². The second-order valence-electron chi connectivity index (χ2n) is 5.73. The summed E-state index contributed by atoms with van der Waals surface area (Å²) in [6.45, 7) is 8.81. The Hall–Kier alpha value is -1.22. The van der Waals surface area contributed by atoms with Gasteiger partial charge in [0.15, 0.2) is 0 Å². The lowest BCUT2D eigenvalue weighted by molar-refractivity contribution is 0.330. The predicted octanol–water partition coefficient (Wildman–Crippen LogP) is 3.49. The molecule has 0 saturated carbocycles. The van der Waals surface area contributed by atoms with Crippen molar-refractivity contribution in [3.05, 3.63) is 28.8 Å². The first-order valence-corrected chi connectivity index (χ1v) is 6.39. The Morgan fingerprint density at radius 1 is 1.39 bits per heavy atom. The standard InChI is InChI=1S/C14H22ClN3/c1-9(14(2,3)4)18(5)10-6-7-11(13(16)17)12(15)8-10/h6-9H,1-5H3,(H3,16,17). The number of nitrogens with one attached hydrogen (secondary N) is 1. The third-order valence-corrected chi connectivity index (χ3v) is 3.80. The van der Waals surface area contributed by atoms with Gasteiger partial charge in [0, 0.05) is 24.3 Å². The fourth-order valence-electron chi connectivity index (χ4n) is 1.75. The molecule has 0 fully saturated rings. The smallest absolute Gasteiger partial charge is 0.124 e. The third kappa shape index (κ3) is 3.16. The van der Waals surface area contributed by atoms with Crippen molar-refractivity contribution in [1.82, 2.24) is 0 Å². The highest BCUT2D eigenvalue weighted by Crippen LogP contribution is 2.29. The molecular weight excluding hydrogens is 246 g/mol. The normalized spacial score (nSPS) is 13.2. The van der Waals surface area contributed by atoms with Crippen molar-refractivity contribution in [3.63, 3.8) is 0 Å². The largest absolute Gasteiger partial charge is 0.384 e. The lowest BCUT2D eigenvalue weighted by atomic mass is 9.87. The van der Waals surface area contributed by atoms with Crippen LogP contribution in [0.4, 0.5) is 5.69 Å². The summed E-state index contributed by atoms with van der Waals surface area (Å²) in [5.74, 6) is -0.00178. The lowest BCUT2D eigenvalue weighted by Gasteiger charge is -2.37. The van der Waals surface area contributed by atoms with Gasteiger partial charge in [-0.25, -0.2) is 0 Å². The van der Waals surface area contributed by atoms with Crippen molar-refractivity contribution in [2.75, 3.05) is 11.9 Å². The molecule has 0 aliphatic heterocycles. The van der Waals surface area contributed by atoms with Crippen molar-refractivity contribution in [2.24, 2.45) is 11.1 Å². The molecule has 18 heavy (non-hydrogen) atoms. The van der Waals surface area contributed by atoms with E-state index in [9.17, 15) is 0 Å². The van der Waals surface area contributed by atoms with E-state index in [-0.39, 0.29) is 11.3 Å². The van der Waals surface area contributed by atoms with Gasteiger partial charge in [-0.1, -0.05) is 32.4 Å². The average molecular weight is 268 g/mol. The number of nitrogens with two attached hydrogens (primary N) is 1. The van der Waals surface area contributed by atoms with E-state index in [4.69, 9.17) is 22.7 Å². The van der Waals surface area contributed by atoms with Crippen molar-refractivity contribution < 1.29 is 0 Å². The van der Waals surface area contributed by atoms with Gasteiger partial charge in [-0.05, 0) is 30.5 Å². The summed E-state index contributed by atoms with van der Waals surface area (Å²) in [5.41, 5.74) is 7.25. The molecule has 0 aliphatic rings. The number of hydrogen-bond acceptors (Lipinski definition) is 2. The minimum absolute atomic E-state index is 0.00178. The van der Waals surface area contributed by atoms with E-state index in [1.807, 2.05) is 12.1 Å². The molecule has 1 atom stereocenters. The Kier molecular flexibility index (Phi) is 4.28. The van der Waals surface area contributed by atoms with Crippen LogP contribution in [-0.4, -0.2) is 18.9 Å². The first-order valence-electron chi connectivity index (χ1n) is 6.01. The van der Waals surface area contributed by atoms with Gasteiger partial charge in [0.1, 0.15) is 5.84 Å². The molecule has 0 spiro atoms. The summed E-state index contributed by atoms with van der Waals surface area (Å²) >= 11 is 6.14. The van der Waals surface area contributed by atoms with Gasteiger partial charge in [0.05, 0.1) is 5.02 Å². The molecule has 3 nitrogen and oxygen atoms in total. The van der Waals surface area contributed by atoms with Gasteiger partial charge >= 0.3 is 0 Å². The molecule has 4 heteroatoms. The Morgan fingerprint density at radius 3 is 2.33 bits per heavy atom. The molecule has 1 rings (SSSR count). The fourth-order valence-corrected chi connectivity index (χ4v) is 2.02. The Bertz CT molecular complexity index is 449. The molecule has 0 radical (unpaired) electrons. The van der Waals surface area contributed by atoms with Crippen LogP contribution in [0.25, 0.3) is 0 Å². The average Bonchev–Trinajstić information content (AvgIpc) is 2.25. The molecule has 0 aromatic heterocycles. The van der Waals surface area contributed by atoms with Crippen LogP contribution in [0, 0.1) is 10.8 Å². The van der Waals surface area contributed by atoms with E-state index < -0.39 is 0 Å². The molecule has 1 aromatic carbocycles. The summed E-state index contributed by atoms with van der Waals surface area (Å²) in [4.78, 5) is 2.19. The van der Waals surface area contributed by atoms with Gasteiger partial charge in [-0.2, -0.15) is 0 Å². The number of nitrogen functional groups attached to an aromatic ring is 1. The number of nitrogens with zero attached hydrogens (tertiary/aromatic N) is 1. The van der Waals surface area contributed by atoms with Gasteiger partial charge in [-0.15, -0.1) is 0 Å². The second kappa shape index (κ2) is 5.19. The van der Waals surface area contributed by atoms with Crippen LogP contribution in [0.5, 0.6) is 0 Å². The minimum Gasteiger partial charge on any atom is -0.384 e. The highest BCUT2D eigenvalue weighted by atomic mass is 35.5. The molecular formula is C14H22ClN3. The first kappa shape index (κ1) is 14.8. The topological polar surface area (TPSA) is 53.1 Å². The van der Waals surface area contributed by atoms with Crippen LogP contribution in [0.3, 0.4) is 0 Å². The van der Waals surface area contributed by atoms with Crippen LogP contribution < -0.4 is 10.6 Å². The Balaban J connectivity index is 3.05. The lowest BCUT2D eigenvalue weighted by Crippen LogP contribution is -2.39. The molecule has 0 saturated heterocycles. The maximum atomic E-state index is 7.42.